The van der Waals surface area contributed by atoms with Crippen molar-refractivity contribution in [3.8, 4) is 5.75 Å². The summed E-state index contributed by atoms with van der Waals surface area (Å²) in [6, 6.07) is 15.2. The quantitative estimate of drug-likeness (QED) is 0.832. The molecular weight excluding hydrogens is 288 g/mol. The van der Waals surface area contributed by atoms with Crippen LogP contribution in [0, 0.1) is 0 Å². The molecule has 0 saturated heterocycles. The second kappa shape index (κ2) is 7.68. The Kier molecular flexibility index (Phi) is 5.63. The number of methoxy groups -OCH3 is 1. The number of ether oxygens (including phenoxy) is 1. The summed E-state index contributed by atoms with van der Waals surface area (Å²) in [4.78, 5) is 14.6. The highest BCUT2D eigenvalue weighted by atomic mass is 16.5. The number of nitrogen functional groups attached to an aromatic ring is 1. The van der Waals surface area contributed by atoms with Crippen molar-refractivity contribution in [2.24, 2.45) is 0 Å². The van der Waals surface area contributed by atoms with Gasteiger partial charge in [-0.05, 0) is 56.2 Å². The van der Waals surface area contributed by atoms with E-state index in [2.05, 4.69) is 6.92 Å². The number of carbonyl (C=O) groups excluding carboxylic acids is 1. The van der Waals surface area contributed by atoms with E-state index in [1.807, 2.05) is 42.2 Å². The summed E-state index contributed by atoms with van der Waals surface area (Å²) in [7, 11) is 1.65. The molecule has 0 aliphatic rings. The molecule has 0 aliphatic carbocycles. The summed E-state index contributed by atoms with van der Waals surface area (Å²) in [6.45, 7) is 4.72. The van der Waals surface area contributed by atoms with Crippen molar-refractivity contribution in [3.63, 3.8) is 0 Å². The van der Waals surface area contributed by atoms with Gasteiger partial charge in [0.25, 0.3) is 5.91 Å². The molecule has 122 valence electrons. The summed E-state index contributed by atoms with van der Waals surface area (Å²) in [5.74, 6) is 0.852. The molecule has 2 N–H and O–H groups in total. The minimum atomic E-state index is 0.0146. The molecule has 0 aliphatic heterocycles. The second-order valence-electron chi connectivity index (χ2n) is 5.62. The maximum Gasteiger partial charge on any atom is 0.254 e. The Hall–Kier alpha value is -2.49. The van der Waals surface area contributed by atoms with E-state index in [1.54, 1.807) is 25.3 Å². The summed E-state index contributed by atoms with van der Waals surface area (Å²) >= 11 is 0. The molecule has 0 aromatic heterocycles. The third-order valence-electron chi connectivity index (χ3n) is 3.96. The van der Waals surface area contributed by atoms with E-state index < -0.39 is 0 Å². The summed E-state index contributed by atoms with van der Waals surface area (Å²) in [5.41, 5.74) is 8.20. The van der Waals surface area contributed by atoms with Gasteiger partial charge in [-0.15, -0.1) is 0 Å². The fraction of sp³-hybridized carbons (Fsp3) is 0.316. The average molecular weight is 312 g/mol. The molecule has 1 unspecified atom stereocenters. The zero-order valence-electron chi connectivity index (χ0n) is 14.0. The van der Waals surface area contributed by atoms with E-state index in [1.165, 1.54) is 5.56 Å². The van der Waals surface area contributed by atoms with Gasteiger partial charge in [0, 0.05) is 23.8 Å². The van der Waals surface area contributed by atoms with Crippen molar-refractivity contribution >= 4 is 11.6 Å². The molecule has 1 amide bonds. The molecule has 1 atom stereocenters. The maximum absolute atomic E-state index is 12.7. The summed E-state index contributed by atoms with van der Waals surface area (Å²) in [5, 5.41) is 0. The predicted molar refractivity (Wildman–Crippen MR) is 93.7 cm³/mol. The number of rotatable bonds is 6. The Morgan fingerprint density at radius 1 is 1.22 bits per heavy atom. The highest BCUT2D eigenvalue weighted by Crippen LogP contribution is 2.17. The molecule has 0 heterocycles. The Morgan fingerprint density at radius 3 is 2.48 bits per heavy atom. The zero-order valence-corrected chi connectivity index (χ0v) is 14.0. The number of nitrogens with two attached hydrogens (primary N) is 1. The van der Waals surface area contributed by atoms with E-state index in [0.717, 1.165) is 12.2 Å². The van der Waals surface area contributed by atoms with Crippen LogP contribution in [0.2, 0.25) is 0 Å². The van der Waals surface area contributed by atoms with Crippen molar-refractivity contribution < 1.29 is 9.53 Å². The van der Waals surface area contributed by atoms with Gasteiger partial charge in [-0.1, -0.05) is 18.2 Å². The highest BCUT2D eigenvalue weighted by Gasteiger charge is 2.20. The molecule has 4 heteroatoms. The summed E-state index contributed by atoms with van der Waals surface area (Å²) in [6.07, 6.45) is 0.798. The largest absolute Gasteiger partial charge is 0.497 e. The fourth-order valence-electron chi connectivity index (χ4n) is 2.71. The first-order valence-corrected chi connectivity index (χ1v) is 7.84. The molecule has 2 rings (SSSR count). The first kappa shape index (κ1) is 16.9. The van der Waals surface area contributed by atoms with Gasteiger partial charge in [0.1, 0.15) is 5.75 Å². The van der Waals surface area contributed by atoms with Crippen molar-refractivity contribution in [1.82, 2.24) is 4.90 Å². The third-order valence-corrected chi connectivity index (χ3v) is 3.96. The lowest BCUT2D eigenvalue weighted by Crippen LogP contribution is -2.39. The minimum absolute atomic E-state index is 0.0146. The average Bonchev–Trinajstić information content (AvgIpc) is 2.56. The highest BCUT2D eigenvalue weighted by molar-refractivity contribution is 5.95. The molecule has 23 heavy (non-hydrogen) atoms. The normalized spacial score (nSPS) is 11.8. The van der Waals surface area contributed by atoms with Gasteiger partial charge in [0.05, 0.1) is 7.11 Å². The molecular formula is C19H24N2O2. The predicted octanol–water partition coefficient (Wildman–Crippen LogP) is 3.37. The standard InChI is InChI=1S/C19H24N2O2/c1-4-21(19(22)16-6-5-7-17(20)13-16)14(2)12-15-8-10-18(23-3)11-9-15/h5-11,13-14H,4,12,20H2,1-3H3. The third kappa shape index (κ3) is 4.25. The second-order valence-corrected chi connectivity index (χ2v) is 5.62. The lowest BCUT2D eigenvalue weighted by Gasteiger charge is -2.28. The Bertz CT molecular complexity index is 653. The van der Waals surface area contributed by atoms with Crippen LogP contribution in [-0.4, -0.2) is 30.5 Å². The zero-order chi connectivity index (χ0) is 16.8. The van der Waals surface area contributed by atoms with Gasteiger partial charge in [-0.3, -0.25) is 4.79 Å². The molecule has 0 fully saturated rings. The molecule has 0 saturated carbocycles. The number of carbonyl (C=O) groups is 1. The fourth-order valence-corrected chi connectivity index (χ4v) is 2.71. The Morgan fingerprint density at radius 2 is 1.91 bits per heavy atom. The van der Waals surface area contributed by atoms with Crippen LogP contribution in [0.15, 0.2) is 48.5 Å². The van der Waals surface area contributed by atoms with Crippen molar-refractivity contribution in [2.75, 3.05) is 19.4 Å². The first-order chi connectivity index (χ1) is 11.0. The van der Waals surface area contributed by atoms with Gasteiger partial charge in [-0.25, -0.2) is 0 Å². The van der Waals surface area contributed by atoms with Crippen molar-refractivity contribution in [1.29, 1.82) is 0 Å². The van der Waals surface area contributed by atoms with Gasteiger partial charge in [0.2, 0.25) is 0 Å². The Labute approximate surface area is 137 Å². The lowest BCUT2D eigenvalue weighted by molar-refractivity contribution is 0.0703. The van der Waals surface area contributed by atoms with Crippen LogP contribution < -0.4 is 10.5 Å². The van der Waals surface area contributed by atoms with Gasteiger partial charge < -0.3 is 15.4 Å². The van der Waals surface area contributed by atoms with E-state index in [0.29, 0.717) is 17.8 Å². The monoisotopic (exact) mass is 312 g/mol. The minimum Gasteiger partial charge on any atom is -0.497 e. The summed E-state index contributed by atoms with van der Waals surface area (Å²) < 4.78 is 5.17. The van der Waals surface area contributed by atoms with E-state index >= 15 is 0 Å². The maximum atomic E-state index is 12.7. The van der Waals surface area contributed by atoms with Crippen LogP contribution in [-0.2, 0) is 6.42 Å². The van der Waals surface area contributed by atoms with Crippen molar-refractivity contribution in [3.05, 3.63) is 59.7 Å². The molecule has 2 aromatic carbocycles. The number of nitrogens with zero attached hydrogens (tertiary/aromatic N) is 1. The SMILES string of the molecule is CCN(C(=O)c1cccc(N)c1)C(C)Cc1ccc(OC)cc1. The Balaban J connectivity index is 2.10. The molecule has 0 bridgehead atoms. The number of amides is 1. The number of likely N-dealkylation sites (N-methyl/N-ethyl adjacent to an activating group) is 1. The van der Waals surface area contributed by atoms with Crippen LogP contribution >= 0.6 is 0 Å². The molecule has 0 radical (unpaired) electrons. The first-order valence-electron chi connectivity index (χ1n) is 7.84. The number of anilines is 1. The number of hydrogen-bond acceptors (Lipinski definition) is 3. The van der Waals surface area contributed by atoms with Crippen molar-refractivity contribution in [2.45, 2.75) is 26.3 Å². The van der Waals surface area contributed by atoms with Crippen LogP contribution in [0.1, 0.15) is 29.8 Å². The topological polar surface area (TPSA) is 55.6 Å². The molecule has 4 nitrogen and oxygen atoms in total. The van der Waals surface area contributed by atoms with Crippen LogP contribution in [0.4, 0.5) is 5.69 Å². The van der Waals surface area contributed by atoms with E-state index in [4.69, 9.17) is 10.5 Å². The van der Waals surface area contributed by atoms with Gasteiger partial charge in [-0.2, -0.15) is 0 Å². The van der Waals surface area contributed by atoms with E-state index in [-0.39, 0.29) is 11.9 Å². The lowest BCUT2D eigenvalue weighted by atomic mass is 10.0. The van der Waals surface area contributed by atoms with E-state index in [9.17, 15) is 4.79 Å². The number of benzene rings is 2. The van der Waals surface area contributed by atoms with Crippen LogP contribution in [0.25, 0.3) is 0 Å². The van der Waals surface area contributed by atoms with Crippen LogP contribution in [0.3, 0.4) is 0 Å². The number of hydrogen-bond donors (Lipinski definition) is 1. The van der Waals surface area contributed by atoms with Crippen LogP contribution in [0.5, 0.6) is 5.75 Å². The smallest absolute Gasteiger partial charge is 0.254 e. The van der Waals surface area contributed by atoms with Gasteiger partial charge >= 0.3 is 0 Å². The van der Waals surface area contributed by atoms with Gasteiger partial charge in [0.15, 0.2) is 0 Å². The molecule has 2 aromatic rings. The molecule has 0 spiro atoms.